The maximum Gasteiger partial charge on any atom is 0.204 e. The highest BCUT2D eigenvalue weighted by molar-refractivity contribution is 6.20. The molecular weight excluding hydrogens is 294 g/mol. The first kappa shape index (κ1) is 16.8. The molecule has 0 radical (unpaired) electrons. The minimum Gasteiger partial charge on any atom is -0.399 e. The van der Waals surface area contributed by atoms with Gasteiger partial charge in [0.25, 0.3) is 0 Å². The average Bonchev–Trinajstić information content (AvgIpc) is 2.52. The quantitative estimate of drug-likeness (QED) is 0.357. The molecule has 1 aliphatic rings. The van der Waals surface area contributed by atoms with E-state index in [1.54, 1.807) is 12.1 Å². The van der Waals surface area contributed by atoms with E-state index in [1.807, 2.05) is 13.8 Å². The third-order valence-electron chi connectivity index (χ3n) is 3.83. The molecule has 5 N–H and O–H groups in total. The van der Waals surface area contributed by atoms with Gasteiger partial charge in [0.2, 0.25) is 11.6 Å². The van der Waals surface area contributed by atoms with Crippen molar-refractivity contribution in [2.75, 3.05) is 24.2 Å². The fourth-order valence-corrected chi connectivity index (χ4v) is 2.22. The molecule has 1 aliphatic carbocycles. The van der Waals surface area contributed by atoms with Crippen LogP contribution in [0.2, 0.25) is 0 Å². The molecule has 0 aliphatic heterocycles. The van der Waals surface area contributed by atoms with Gasteiger partial charge in [0.1, 0.15) is 0 Å². The third-order valence-corrected chi connectivity index (χ3v) is 3.83. The lowest BCUT2D eigenvalue weighted by Crippen LogP contribution is -2.27. The van der Waals surface area contributed by atoms with Crippen molar-refractivity contribution in [3.63, 3.8) is 0 Å². The van der Waals surface area contributed by atoms with Gasteiger partial charge in [-0.15, -0.1) is 0 Å². The number of carbonyl (C=O) groups is 2. The number of nitrogen functional groups attached to an aromatic ring is 1. The topological polar surface area (TPSA) is 104 Å². The number of ketones is 2. The van der Waals surface area contributed by atoms with Gasteiger partial charge in [-0.1, -0.05) is 0 Å². The van der Waals surface area contributed by atoms with Crippen LogP contribution >= 0.6 is 0 Å². The standard InChI is InChI=1S/C17H21N3O3/c1-10-11(2)13(5-4-12(10)18)20-15-9-16(22)14(8-17(15)23)19-6-3-7-21/h4-5,8-9,19-21H,3,6-7,18H2,1-2H3. The van der Waals surface area contributed by atoms with E-state index in [0.29, 0.717) is 18.7 Å². The second-order valence-electron chi connectivity index (χ2n) is 5.43. The van der Waals surface area contributed by atoms with Crippen LogP contribution in [0.15, 0.2) is 35.7 Å². The molecule has 2 rings (SSSR count). The van der Waals surface area contributed by atoms with Crippen LogP contribution in [0.3, 0.4) is 0 Å². The van der Waals surface area contributed by atoms with Crippen LogP contribution in [0.5, 0.6) is 0 Å². The van der Waals surface area contributed by atoms with Crippen LogP contribution in [-0.4, -0.2) is 29.8 Å². The second kappa shape index (κ2) is 7.11. The molecular formula is C17H21N3O3. The molecule has 0 aromatic heterocycles. The van der Waals surface area contributed by atoms with Crippen molar-refractivity contribution in [3.8, 4) is 0 Å². The summed E-state index contributed by atoms with van der Waals surface area (Å²) in [5.74, 6) is -0.542. The lowest BCUT2D eigenvalue weighted by Gasteiger charge is -2.17. The summed E-state index contributed by atoms with van der Waals surface area (Å²) < 4.78 is 0. The number of nitrogens with one attached hydrogen (secondary N) is 2. The molecule has 0 heterocycles. The van der Waals surface area contributed by atoms with Crippen LogP contribution in [0, 0.1) is 13.8 Å². The first-order valence-corrected chi connectivity index (χ1v) is 7.43. The first-order valence-electron chi connectivity index (χ1n) is 7.43. The van der Waals surface area contributed by atoms with Gasteiger partial charge in [0.05, 0.1) is 11.4 Å². The third kappa shape index (κ3) is 3.78. The summed E-state index contributed by atoms with van der Waals surface area (Å²) in [6, 6.07) is 3.55. The number of aliphatic hydroxyl groups is 1. The minimum atomic E-state index is -0.273. The van der Waals surface area contributed by atoms with Crippen molar-refractivity contribution in [1.29, 1.82) is 0 Å². The molecule has 1 aromatic carbocycles. The Balaban J connectivity index is 2.14. The number of aliphatic hydroxyl groups excluding tert-OH is 1. The van der Waals surface area contributed by atoms with E-state index in [1.165, 1.54) is 12.2 Å². The van der Waals surface area contributed by atoms with E-state index in [0.717, 1.165) is 16.8 Å². The average molecular weight is 315 g/mol. The predicted molar refractivity (Wildman–Crippen MR) is 89.8 cm³/mol. The van der Waals surface area contributed by atoms with Gasteiger partial charge in [-0.2, -0.15) is 0 Å². The summed E-state index contributed by atoms with van der Waals surface area (Å²) >= 11 is 0. The summed E-state index contributed by atoms with van der Waals surface area (Å²) in [6.45, 7) is 4.28. The van der Waals surface area contributed by atoms with Crippen molar-refractivity contribution >= 4 is 22.9 Å². The summed E-state index contributed by atoms with van der Waals surface area (Å²) in [6.07, 6.45) is 3.08. The smallest absolute Gasteiger partial charge is 0.204 e. The largest absolute Gasteiger partial charge is 0.399 e. The van der Waals surface area contributed by atoms with Crippen molar-refractivity contribution in [1.82, 2.24) is 5.32 Å². The van der Waals surface area contributed by atoms with E-state index in [-0.39, 0.29) is 29.6 Å². The lowest BCUT2D eigenvalue weighted by molar-refractivity contribution is -0.115. The first-order chi connectivity index (χ1) is 10.9. The van der Waals surface area contributed by atoms with Gasteiger partial charge < -0.3 is 21.5 Å². The number of anilines is 2. The number of benzene rings is 1. The maximum atomic E-state index is 12.2. The molecule has 0 saturated heterocycles. The van der Waals surface area contributed by atoms with Crippen LogP contribution < -0.4 is 16.4 Å². The number of hydrogen-bond donors (Lipinski definition) is 4. The van der Waals surface area contributed by atoms with Gasteiger partial charge in [-0.3, -0.25) is 9.59 Å². The molecule has 0 amide bonds. The highest BCUT2D eigenvalue weighted by Crippen LogP contribution is 2.25. The number of nitrogens with two attached hydrogens (primary N) is 1. The Morgan fingerprint density at radius 1 is 1.04 bits per heavy atom. The van der Waals surface area contributed by atoms with Gasteiger partial charge in [-0.05, 0) is 43.5 Å². The molecule has 6 nitrogen and oxygen atoms in total. The van der Waals surface area contributed by atoms with E-state index in [2.05, 4.69) is 10.6 Å². The SMILES string of the molecule is Cc1c(N)ccc(NC2=CC(=O)C(NCCCO)=CC2=O)c1C. The number of carbonyl (C=O) groups excluding carboxylic acids is 2. The summed E-state index contributed by atoms with van der Waals surface area (Å²) in [7, 11) is 0. The van der Waals surface area contributed by atoms with Crippen LogP contribution in [-0.2, 0) is 9.59 Å². The van der Waals surface area contributed by atoms with Crippen molar-refractivity contribution in [2.24, 2.45) is 0 Å². The molecule has 0 atom stereocenters. The van der Waals surface area contributed by atoms with Gasteiger partial charge in [-0.25, -0.2) is 0 Å². The molecule has 1 aromatic rings. The molecule has 23 heavy (non-hydrogen) atoms. The zero-order chi connectivity index (χ0) is 17.0. The summed E-state index contributed by atoms with van der Waals surface area (Å²) in [5.41, 5.74) is 9.63. The van der Waals surface area contributed by atoms with Gasteiger partial charge in [0, 0.05) is 36.7 Å². The molecule has 6 heteroatoms. The van der Waals surface area contributed by atoms with Gasteiger partial charge in [0.15, 0.2) is 0 Å². The molecule has 0 saturated carbocycles. The fourth-order valence-electron chi connectivity index (χ4n) is 2.22. The predicted octanol–water partition coefficient (Wildman–Crippen LogP) is 1.19. The Bertz CT molecular complexity index is 705. The van der Waals surface area contributed by atoms with Crippen LogP contribution in [0.4, 0.5) is 11.4 Å². The Labute approximate surface area is 135 Å². The minimum absolute atomic E-state index is 0.0286. The summed E-state index contributed by atoms with van der Waals surface area (Å²) in [5, 5.41) is 14.6. The fraction of sp³-hybridized carbons (Fsp3) is 0.294. The van der Waals surface area contributed by atoms with Crippen molar-refractivity contribution in [2.45, 2.75) is 20.3 Å². The normalized spacial score (nSPS) is 14.4. The van der Waals surface area contributed by atoms with Crippen molar-refractivity contribution < 1.29 is 14.7 Å². The Morgan fingerprint density at radius 3 is 2.39 bits per heavy atom. The lowest BCUT2D eigenvalue weighted by atomic mass is 10.0. The van der Waals surface area contributed by atoms with Crippen LogP contribution in [0.1, 0.15) is 17.5 Å². The van der Waals surface area contributed by atoms with Gasteiger partial charge >= 0.3 is 0 Å². The number of allylic oxidation sites excluding steroid dienone is 2. The molecule has 122 valence electrons. The number of hydrogen-bond acceptors (Lipinski definition) is 6. The highest BCUT2D eigenvalue weighted by atomic mass is 16.3. The number of rotatable bonds is 6. The Kier molecular flexibility index (Phi) is 5.18. The molecule has 0 bridgehead atoms. The Hall–Kier alpha value is -2.60. The zero-order valence-corrected chi connectivity index (χ0v) is 13.3. The van der Waals surface area contributed by atoms with Crippen molar-refractivity contribution in [3.05, 3.63) is 46.8 Å². The molecule has 0 unspecified atom stereocenters. The van der Waals surface area contributed by atoms with E-state index in [4.69, 9.17) is 10.8 Å². The zero-order valence-electron chi connectivity index (χ0n) is 13.3. The Morgan fingerprint density at radius 2 is 1.70 bits per heavy atom. The van der Waals surface area contributed by atoms with E-state index < -0.39 is 0 Å². The van der Waals surface area contributed by atoms with E-state index >= 15 is 0 Å². The second-order valence-corrected chi connectivity index (χ2v) is 5.43. The van der Waals surface area contributed by atoms with Crippen LogP contribution in [0.25, 0.3) is 0 Å². The highest BCUT2D eigenvalue weighted by Gasteiger charge is 2.20. The van der Waals surface area contributed by atoms with E-state index in [9.17, 15) is 9.59 Å². The summed E-state index contributed by atoms with van der Waals surface area (Å²) in [4.78, 5) is 24.2. The monoisotopic (exact) mass is 315 g/mol. The molecule has 0 fully saturated rings. The molecule has 0 spiro atoms. The maximum absolute atomic E-state index is 12.2.